The fourth-order valence-corrected chi connectivity index (χ4v) is 5.03. The number of rotatable bonds is 7. The summed E-state index contributed by atoms with van der Waals surface area (Å²) in [6.07, 6.45) is 5.79. The molecule has 2 aromatic heterocycles. The zero-order valence-electron chi connectivity index (χ0n) is 20.7. The van der Waals surface area contributed by atoms with Crippen LogP contribution in [0.25, 0.3) is 5.69 Å². The van der Waals surface area contributed by atoms with E-state index in [0.717, 1.165) is 25.6 Å². The van der Waals surface area contributed by atoms with Crippen LogP contribution < -0.4 is 10.1 Å². The number of likely N-dealkylation sites (tertiary alicyclic amines) is 1. The van der Waals surface area contributed by atoms with Crippen LogP contribution in [0.5, 0.6) is 5.88 Å². The summed E-state index contributed by atoms with van der Waals surface area (Å²) in [5.41, 5.74) is 0.165. The van der Waals surface area contributed by atoms with Gasteiger partial charge in [0, 0.05) is 31.0 Å². The number of hydrogen-bond acceptors (Lipinski definition) is 9. The molecule has 2 bridgehead atoms. The molecule has 1 aromatic carbocycles. The van der Waals surface area contributed by atoms with Gasteiger partial charge in [0.25, 0.3) is 5.88 Å². The standard InChI is InChI=1S/C25H27F2N7O4/c1-2-25(5-6-25)38-24(35)33-8-15-10-36-11-16(9-33)21(15)37-23-20(27)22(29-13-30-23)32-19-4-3-17(7-18(19)26)34-14-28-12-31-34/h3-4,7,12-16,21H,2,5-6,8-11H2,1H3,(H,29,30,32). The summed E-state index contributed by atoms with van der Waals surface area (Å²) in [6.45, 7) is 3.50. The second kappa shape index (κ2) is 9.78. The number of anilines is 2. The highest BCUT2D eigenvalue weighted by Crippen LogP contribution is 2.43. The molecule has 200 valence electrons. The summed E-state index contributed by atoms with van der Waals surface area (Å²) < 4.78 is 49.1. The van der Waals surface area contributed by atoms with Crippen molar-refractivity contribution in [3.8, 4) is 11.6 Å². The smallest absolute Gasteiger partial charge is 0.410 e. The summed E-state index contributed by atoms with van der Waals surface area (Å²) in [5, 5.41) is 6.64. The molecule has 13 heteroatoms. The lowest BCUT2D eigenvalue weighted by molar-refractivity contribution is -0.113. The molecule has 3 aliphatic rings. The van der Waals surface area contributed by atoms with Gasteiger partial charge in [-0.1, -0.05) is 6.92 Å². The number of benzene rings is 1. The summed E-state index contributed by atoms with van der Waals surface area (Å²) >= 11 is 0. The van der Waals surface area contributed by atoms with Gasteiger partial charge in [0.1, 0.15) is 36.5 Å². The summed E-state index contributed by atoms with van der Waals surface area (Å²) in [6, 6.07) is 4.32. The minimum atomic E-state index is -0.841. The van der Waals surface area contributed by atoms with Crippen LogP contribution in [0.3, 0.4) is 0 Å². The molecule has 2 saturated heterocycles. The summed E-state index contributed by atoms with van der Waals surface area (Å²) in [7, 11) is 0. The highest BCUT2D eigenvalue weighted by molar-refractivity contribution is 5.69. The van der Waals surface area contributed by atoms with E-state index in [0.29, 0.717) is 32.0 Å². The largest absolute Gasteiger partial charge is 0.471 e. The first kappa shape index (κ1) is 24.5. The monoisotopic (exact) mass is 527 g/mol. The summed E-state index contributed by atoms with van der Waals surface area (Å²) in [5.74, 6) is -2.30. The normalized spacial score (nSPS) is 23.6. The third-order valence-corrected chi connectivity index (χ3v) is 7.41. The molecule has 1 aliphatic carbocycles. The van der Waals surface area contributed by atoms with Gasteiger partial charge in [0.05, 0.1) is 24.6 Å². The van der Waals surface area contributed by atoms with E-state index in [1.807, 2.05) is 6.92 Å². The van der Waals surface area contributed by atoms with Crippen LogP contribution in [0.4, 0.5) is 25.1 Å². The lowest BCUT2D eigenvalue weighted by atomic mass is 9.84. The van der Waals surface area contributed by atoms with Gasteiger partial charge in [-0.3, -0.25) is 0 Å². The van der Waals surface area contributed by atoms with Crippen molar-refractivity contribution in [1.29, 1.82) is 0 Å². The first-order chi connectivity index (χ1) is 18.4. The lowest BCUT2D eigenvalue weighted by Crippen LogP contribution is -2.59. The minimum Gasteiger partial charge on any atom is -0.471 e. The van der Waals surface area contributed by atoms with Crippen molar-refractivity contribution < 1.29 is 27.8 Å². The Morgan fingerprint density at radius 2 is 1.97 bits per heavy atom. The van der Waals surface area contributed by atoms with Crippen molar-refractivity contribution in [2.45, 2.75) is 37.9 Å². The zero-order chi connectivity index (χ0) is 26.3. The van der Waals surface area contributed by atoms with E-state index in [1.165, 1.54) is 29.5 Å². The predicted molar refractivity (Wildman–Crippen MR) is 129 cm³/mol. The third kappa shape index (κ3) is 4.73. The van der Waals surface area contributed by atoms with Crippen LogP contribution in [0, 0.1) is 23.5 Å². The maximum absolute atomic E-state index is 15.4. The molecule has 38 heavy (non-hydrogen) atoms. The van der Waals surface area contributed by atoms with E-state index in [1.54, 1.807) is 11.0 Å². The van der Waals surface area contributed by atoms with Crippen LogP contribution in [0.15, 0.2) is 37.2 Å². The van der Waals surface area contributed by atoms with Crippen LogP contribution in [0.1, 0.15) is 26.2 Å². The third-order valence-electron chi connectivity index (χ3n) is 7.41. The van der Waals surface area contributed by atoms with Gasteiger partial charge in [0.15, 0.2) is 5.82 Å². The Labute approximate surface area is 217 Å². The van der Waals surface area contributed by atoms with E-state index in [-0.39, 0.29) is 40.9 Å². The Hall–Kier alpha value is -3.87. The Balaban J connectivity index is 1.15. The fourth-order valence-electron chi connectivity index (χ4n) is 5.03. The molecule has 2 aliphatic heterocycles. The topological polar surface area (TPSA) is 117 Å². The van der Waals surface area contributed by atoms with E-state index in [9.17, 15) is 9.18 Å². The molecule has 0 radical (unpaired) electrons. The molecule has 2 atom stereocenters. The molecule has 2 unspecified atom stereocenters. The Morgan fingerprint density at radius 3 is 2.63 bits per heavy atom. The molecule has 6 rings (SSSR count). The molecule has 1 N–H and O–H groups in total. The highest BCUT2D eigenvalue weighted by Gasteiger charge is 2.49. The number of aromatic nitrogens is 5. The SMILES string of the molecule is CCC1(OC(=O)N2CC3COCC(C2)C3Oc2ncnc(Nc3ccc(-n4cncn4)cc3F)c2F)CC1. The number of nitrogens with zero attached hydrogens (tertiary/aromatic N) is 6. The predicted octanol–water partition coefficient (Wildman–Crippen LogP) is 3.48. The van der Waals surface area contributed by atoms with Gasteiger partial charge in [-0.15, -0.1) is 0 Å². The van der Waals surface area contributed by atoms with Gasteiger partial charge in [-0.2, -0.15) is 14.5 Å². The number of hydrogen-bond donors (Lipinski definition) is 1. The Morgan fingerprint density at radius 1 is 1.18 bits per heavy atom. The van der Waals surface area contributed by atoms with Crippen molar-refractivity contribution in [3.63, 3.8) is 0 Å². The van der Waals surface area contributed by atoms with E-state index < -0.39 is 17.7 Å². The van der Waals surface area contributed by atoms with Crippen LogP contribution in [-0.4, -0.2) is 73.7 Å². The Bertz CT molecular complexity index is 1310. The van der Waals surface area contributed by atoms with Crippen molar-refractivity contribution in [2.75, 3.05) is 31.6 Å². The maximum Gasteiger partial charge on any atom is 0.410 e. The first-order valence-electron chi connectivity index (χ1n) is 12.6. The quantitative estimate of drug-likeness (QED) is 0.493. The average molecular weight is 528 g/mol. The number of fused-ring (bicyclic) bond motifs is 2. The van der Waals surface area contributed by atoms with Crippen molar-refractivity contribution in [1.82, 2.24) is 29.6 Å². The van der Waals surface area contributed by atoms with Crippen molar-refractivity contribution in [3.05, 3.63) is 48.8 Å². The number of carbonyl (C=O) groups is 1. The molecular weight excluding hydrogens is 500 g/mol. The number of halogens is 2. The molecule has 3 aromatic rings. The van der Waals surface area contributed by atoms with Crippen molar-refractivity contribution in [2.24, 2.45) is 11.8 Å². The lowest BCUT2D eigenvalue weighted by Gasteiger charge is -2.46. The van der Waals surface area contributed by atoms with Gasteiger partial charge < -0.3 is 24.4 Å². The van der Waals surface area contributed by atoms with E-state index >= 15 is 4.39 Å². The number of nitrogens with one attached hydrogen (secondary N) is 1. The molecule has 0 spiro atoms. The first-order valence-corrected chi connectivity index (χ1v) is 12.6. The maximum atomic E-state index is 15.4. The summed E-state index contributed by atoms with van der Waals surface area (Å²) in [4.78, 5) is 26.2. The van der Waals surface area contributed by atoms with Gasteiger partial charge in [-0.05, 0) is 31.4 Å². The van der Waals surface area contributed by atoms with Gasteiger partial charge >= 0.3 is 6.09 Å². The van der Waals surface area contributed by atoms with Gasteiger partial charge in [-0.25, -0.2) is 23.8 Å². The van der Waals surface area contributed by atoms with E-state index in [4.69, 9.17) is 14.2 Å². The highest BCUT2D eigenvalue weighted by atomic mass is 19.1. The minimum absolute atomic E-state index is 0.0232. The molecule has 4 heterocycles. The number of ether oxygens (including phenoxy) is 3. The van der Waals surface area contributed by atoms with E-state index in [2.05, 4.69) is 25.4 Å². The van der Waals surface area contributed by atoms with Crippen LogP contribution in [-0.2, 0) is 9.47 Å². The molecule has 1 amide bonds. The van der Waals surface area contributed by atoms with Crippen LogP contribution in [0.2, 0.25) is 0 Å². The molecular formula is C25H27F2N7O4. The second-order valence-corrected chi connectivity index (χ2v) is 9.92. The average Bonchev–Trinajstić information content (AvgIpc) is 3.45. The second-order valence-electron chi connectivity index (χ2n) is 9.92. The zero-order valence-corrected chi connectivity index (χ0v) is 20.7. The number of carbonyl (C=O) groups excluding carboxylic acids is 1. The molecule has 3 fully saturated rings. The van der Waals surface area contributed by atoms with Crippen LogP contribution >= 0.6 is 0 Å². The van der Waals surface area contributed by atoms with Gasteiger partial charge in [0.2, 0.25) is 5.82 Å². The number of amides is 1. The van der Waals surface area contributed by atoms with Crippen molar-refractivity contribution >= 4 is 17.6 Å². The number of piperidine rings is 1. The molecule has 1 saturated carbocycles. The fraction of sp³-hybridized carbons (Fsp3) is 0.480. The molecule has 11 nitrogen and oxygen atoms in total. The Kier molecular flexibility index (Phi) is 6.30.